The molecule has 0 radical (unpaired) electrons. The zero-order valence-electron chi connectivity index (χ0n) is 9.88. The molecule has 0 atom stereocenters. The largest absolute Gasteiger partial charge is 0.497 e. The number of carboxylic acids is 1. The summed E-state index contributed by atoms with van der Waals surface area (Å²) in [6, 6.07) is 5.25. The molecule has 1 amide bonds. The van der Waals surface area contributed by atoms with Crippen molar-refractivity contribution >= 4 is 11.9 Å². The fourth-order valence-corrected chi connectivity index (χ4v) is 1.81. The van der Waals surface area contributed by atoms with E-state index < -0.39 is 11.9 Å². The molecule has 0 saturated heterocycles. The monoisotopic (exact) mass is 251 g/mol. The van der Waals surface area contributed by atoms with E-state index in [9.17, 15) is 9.59 Å². The van der Waals surface area contributed by atoms with Crippen LogP contribution in [0.15, 0.2) is 18.2 Å². The van der Waals surface area contributed by atoms with Crippen molar-refractivity contribution in [3.8, 4) is 11.5 Å². The van der Waals surface area contributed by atoms with E-state index in [1.807, 2.05) is 0 Å². The maximum Gasteiger partial charge on any atom is 0.394 e. The molecule has 1 aliphatic heterocycles. The second-order valence-electron chi connectivity index (χ2n) is 3.85. The second kappa shape index (κ2) is 4.95. The molecule has 1 aliphatic rings. The highest BCUT2D eigenvalue weighted by Crippen LogP contribution is 2.27. The van der Waals surface area contributed by atoms with E-state index in [-0.39, 0.29) is 19.7 Å². The van der Waals surface area contributed by atoms with Gasteiger partial charge in [0.05, 0.1) is 20.2 Å². The maximum atomic E-state index is 11.5. The zero-order valence-corrected chi connectivity index (χ0v) is 9.88. The van der Waals surface area contributed by atoms with Gasteiger partial charge >= 0.3 is 11.9 Å². The summed E-state index contributed by atoms with van der Waals surface area (Å²) in [4.78, 5) is 23.4. The summed E-state index contributed by atoms with van der Waals surface area (Å²) in [5.74, 6) is -1.09. The number of methoxy groups -OCH3 is 1. The molecule has 0 aromatic heterocycles. The van der Waals surface area contributed by atoms with Crippen molar-refractivity contribution in [2.24, 2.45) is 0 Å². The number of nitrogens with zero attached hydrogens (tertiary/aromatic N) is 1. The minimum absolute atomic E-state index is 0.206. The fourth-order valence-electron chi connectivity index (χ4n) is 1.81. The van der Waals surface area contributed by atoms with Gasteiger partial charge in [0, 0.05) is 5.56 Å². The van der Waals surface area contributed by atoms with Crippen molar-refractivity contribution < 1.29 is 24.2 Å². The number of rotatable bonds is 1. The normalized spacial score (nSPS) is 14.2. The number of hydrogen-bond acceptors (Lipinski definition) is 4. The van der Waals surface area contributed by atoms with Crippen LogP contribution in [0.2, 0.25) is 0 Å². The summed E-state index contributed by atoms with van der Waals surface area (Å²) in [6.07, 6.45) is 0. The van der Waals surface area contributed by atoms with Crippen molar-refractivity contribution in [2.45, 2.75) is 6.54 Å². The average molecular weight is 251 g/mol. The van der Waals surface area contributed by atoms with Crippen molar-refractivity contribution in [3.05, 3.63) is 23.8 Å². The number of amides is 1. The predicted octanol–water partition coefficient (Wildman–Crippen LogP) is 0.501. The van der Waals surface area contributed by atoms with E-state index >= 15 is 0 Å². The Labute approximate surface area is 104 Å². The van der Waals surface area contributed by atoms with Crippen molar-refractivity contribution in [1.82, 2.24) is 4.90 Å². The van der Waals surface area contributed by atoms with Crippen molar-refractivity contribution in [3.63, 3.8) is 0 Å². The second-order valence-corrected chi connectivity index (χ2v) is 3.85. The van der Waals surface area contributed by atoms with Gasteiger partial charge in [-0.25, -0.2) is 4.79 Å². The summed E-state index contributed by atoms with van der Waals surface area (Å²) in [5.41, 5.74) is 0.737. The molecule has 96 valence electrons. The lowest BCUT2D eigenvalue weighted by atomic mass is 10.2. The number of benzene rings is 1. The van der Waals surface area contributed by atoms with Gasteiger partial charge in [0.15, 0.2) is 0 Å². The minimum Gasteiger partial charge on any atom is -0.497 e. The number of carbonyl (C=O) groups excluding carboxylic acids is 1. The smallest absolute Gasteiger partial charge is 0.394 e. The highest BCUT2D eigenvalue weighted by atomic mass is 16.5. The first kappa shape index (κ1) is 12.2. The van der Waals surface area contributed by atoms with Crippen LogP contribution >= 0.6 is 0 Å². The number of carboxylic acid groups (broad SMARTS) is 1. The van der Waals surface area contributed by atoms with E-state index in [0.717, 1.165) is 5.56 Å². The van der Waals surface area contributed by atoms with Gasteiger partial charge in [0.25, 0.3) is 0 Å². The van der Waals surface area contributed by atoms with E-state index in [4.69, 9.17) is 14.6 Å². The summed E-state index contributed by atoms with van der Waals surface area (Å²) >= 11 is 0. The van der Waals surface area contributed by atoms with Crippen LogP contribution in [0.3, 0.4) is 0 Å². The first-order chi connectivity index (χ1) is 8.61. The fraction of sp³-hybridized carbons (Fsp3) is 0.333. The highest BCUT2D eigenvalue weighted by molar-refractivity contribution is 6.31. The Morgan fingerprint density at radius 3 is 2.89 bits per heavy atom. The van der Waals surface area contributed by atoms with Crippen LogP contribution in [0.4, 0.5) is 0 Å². The predicted molar refractivity (Wildman–Crippen MR) is 61.5 cm³/mol. The summed E-state index contributed by atoms with van der Waals surface area (Å²) in [7, 11) is 1.54. The van der Waals surface area contributed by atoms with E-state index in [2.05, 4.69) is 0 Å². The van der Waals surface area contributed by atoms with E-state index in [1.165, 1.54) is 4.90 Å². The quantitative estimate of drug-likeness (QED) is 0.735. The molecule has 1 aromatic carbocycles. The van der Waals surface area contributed by atoms with Crippen LogP contribution in [0.25, 0.3) is 0 Å². The number of hydrogen-bond donors (Lipinski definition) is 1. The van der Waals surface area contributed by atoms with Gasteiger partial charge in [-0.15, -0.1) is 0 Å². The number of carbonyl (C=O) groups is 2. The highest BCUT2D eigenvalue weighted by Gasteiger charge is 2.24. The first-order valence-electron chi connectivity index (χ1n) is 5.43. The topological polar surface area (TPSA) is 76.1 Å². The third-order valence-electron chi connectivity index (χ3n) is 2.72. The Balaban J connectivity index is 2.27. The molecule has 0 unspecified atom stereocenters. The lowest BCUT2D eigenvalue weighted by Crippen LogP contribution is -2.37. The average Bonchev–Trinajstić information content (AvgIpc) is 2.58. The van der Waals surface area contributed by atoms with Gasteiger partial charge in [0.1, 0.15) is 18.1 Å². The molecule has 1 aromatic rings. The molecule has 0 aliphatic carbocycles. The molecule has 1 N–H and O–H groups in total. The van der Waals surface area contributed by atoms with Crippen LogP contribution in [-0.4, -0.2) is 42.1 Å². The summed E-state index contributed by atoms with van der Waals surface area (Å²) in [5, 5.41) is 8.72. The van der Waals surface area contributed by atoms with Gasteiger partial charge in [-0.1, -0.05) is 0 Å². The molecule has 0 bridgehead atoms. The van der Waals surface area contributed by atoms with E-state index in [0.29, 0.717) is 11.5 Å². The van der Waals surface area contributed by atoms with Crippen molar-refractivity contribution in [1.29, 1.82) is 0 Å². The van der Waals surface area contributed by atoms with Gasteiger partial charge in [-0.3, -0.25) is 4.79 Å². The molecule has 1 heterocycles. The maximum absolute atomic E-state index is 11.5. The van der Waals surface area contributed by atoms with Gasteiger partial charge in [-0.2, -0.15) is 0 Å². The Hall–Kier alpha value is -2.24. The molecule has 0 spiro atoms. The molecule has 0 saturated carbocycles. The van der Waals surface area contributed by atoms with Crippen LogP contribution in [0.1, 0.15) is 5.56 Å². The Morgan fingerprint density at radius 2 is 2.22 bits per heavy atom. The molecule has 6 nitrogen and oxygen atoms in total. The van der Waals surface area contributed by atoms with Crippen LogP contribution in [-0.2, 0) is 16.1 Å². The first-order valence-corrected chi connectivity index (χ1v) is 5.43. The lowest BCUT2D eigenvalue weighted by Gasteiger charge is -2.17. The summed E-state index contributed by atoms with van der Waals surface area (Å²) < 4.78 is 10.6. The molecule has 18 heavy (non-hydrogen) atoms. The standard InChI is InChI=1S/C12H13NO5/c1-17-9-2-3-10-8(6-9)7-13(4-5-18-10)11(14)12(15)16/h2-3,6H,4-5,7H2,1H3,(H,15,16). The number of ether oxygens (including phenoxy) is 2. The van der Waals surface area contributed by atoms with Gasteiger partial charge in [-0.05, 0) is 18.2 Å². The Bertz CT molecular complexity index is 485. The molecule has 0 fully saturated rings. The third-order valence-corrected chi connectivity index (χ3v) is 2.72. The SMILES string of the molecule is COc1ccc2c(c1)CN(C(=O)C(=O)O)CCO2. The van der Waals surface area contributed by atoms with Crippen molar-refractivity contribution in [2.75, 3.05) is 20.3 Å². The minimum atomic E-state index is -1.46. The molecule has 2 rings (SSSR count). The van der Waals surface area contributed by atoms with Crippen LogP contribution < -0.4 is 9.47 Å². The number of aliphatic carboxylic acids is 1. The Kier molecular flexibility index (Phi) is 3.36. The number of fused-ring (bicyclic) bond motifs is 1. The van der Waals surface area contributed by atoms with Gasteiger partial charge in [0.2, 0.25) is 0 Å². The van der Waals surface area contributed by atoms with Crippen LogP contribution in [0, 0.1) is 0 Å². The zero-order chi connectivity index (χ0) is 13.1. The van der Waals surface area contributed by atoms with Gasteiger partial charge < -0.3 is 19.5 Å². The molecular formula is C12H13NO5. The lowest BCUT2D eigenvalue weighted by molar-refractivity contribution is -0.156. The Morgan fingerprint density at radius 1 is 1.44 bits per heavy atom. The molecule has 6 heteroatoms. The van der Waals surface area contributed by atoms with E-state index in [1.54, 1.807) is 25.3 Å². The van der Waals surface area contributed by atoms with Crippen LogP contribution in [0.5, 0.6) is 11.5 Å². The summed E-state index contributed by atoms with van der Waals surface area (Å²) in [6.45, 7) is 0.734. The molecular weight excluding hydrogens is 238 g/mol. The third kappa shape index (κ3) is 2.37.